The van der Waals surface area contributed by atoms with Crippen molar-refractivity contribution in [1.29, 1.82) is 0 Å². The van der Waals surface area contributed by atoms with Gasteiger partial charge in [0.1, 0.15) is 6.61 Å². The first-order chi connectivity index (χ1) is 12.6. The summed E-state index contributed by atoms with van der Waals surface area (Å²) in [5.41, 5.74) is 5.57. The second kappa shape index (κ2) is 8.73. The van der Waals surface area contributed by atoms with Crippen molar-refractivity contribution in [2.24, 2.45) is 5.10 Å². The summed E-state index contributed by atoms with van der Waals surface area (Å²) in [4.78, 5) is 12.3. The molecule has 0 aromatic carbocycles. The number of aromatic nitrogens is 2. The molecule has 26 heavy (non-hydrogen) atoms. The van der Waals surface area contributed by atoms with Gasteiger partial charge in [0.2, 0.25) is 11.0 Å². The maximum atomic E-state index is 5.68. The van der Waals surface area contributed by atoms with Crippen LogP contribution in [-0.2, 0) is 0 Å². The Bertz CT molecular complexity index is 809. The van der Waals surface area contributed by atoms with E-state index < -0.39 is 0 Å². The third-order valence-corrected chi connectivity index (χ3v) is 4.64. The van der Waals surface area contributed by atoms with E-state index in [4.69, 9.17) is 4.74 Å². The number of ether oxygens (including phenoxy) is 1. The van der Waals surface area contributed by atoms with Gasteiger partial charge in [0.15, 0.2) is 0 Å². The first-order valence-electron chi connectivity index (χ1n) is 8.51. The molecule has 2 aromatic rings. The number of fused-ring (bicyclic) bond motifs is 1. The van der Waals surface area contributed by atoms with Crippen LogP contribution in [0.1, 0.15) is 29.6 Å². The zero-order valence-electron chi connectivity index (χ0n) is 15.3. The Morgan fingerprint density at radius 3 is 2.96 bits per heavy atom. The Labute approximate surface area is 157 Å². The molecule has 0 bridgehead atoms. The van der Waals surface area contributed by atoms with Crippen LogP contribution >= 0.6 is 11.3 Å². The maximum absolute atomic E-state index is 5.68. The maximum Gasteiger partial charge on any atom is 0.213 e. The highest BCUT2D eigenvalue weighted by molar-refractivity contribution is 7.16. The number of nitrogens with zero attached hydrogens (tertiary/aromatic N) is 4. The lowest BCUT2D eigenvalue weighted by Crippen LogP contribution is -2.19. The smallest absolute Gasteiger partial charge is 0.213 e. The molecule has 0 atom stereocenters. The molecule has 0 aliphatic heterocycles. The molecule has 136 valence electrons. The fourth-order valence-electron chi connectivity index (χ4n) is 2.28. The molecule has 2 aromatic heterocycles. The van der Waals surface area contributed by atoms with Crippen molar-refractivity contribution in [2.45, 2.75) is 13.3 Å². The average Bonchev–Trinajstić information content (AvgIpc) is 2.89. The zero-order valence-corrected chi connectivity index (χ0v) is 16.1. The summed E-state index contributed by atoms with van der Waals surface area (Å²) in [5, 5.41) is 5.19. The summed E-state index contributed by atoms with van der Waals surface area (Å²) < 4.78 is 5.68. The predicted molar refractivity (Wildman–Crippen MR) is 109 cm³/mol. The van der Waals surface area contributed by atoms with E-state index in [9.17, 15) is 0 Å². The molecule has 0 radical (unpaired) electrons. The first kappa shape index (κ1) is 18.3. The molecule has 1 aliphatic carbocycles. The molecular formula is C19H23N5OS. The lowest BCUT2D eigenvalue weighted by Gasteiger charge is -2.10. The predicted octanol–water partition coefficient (Wildman–Crippen LogP) is 3.74. The van der Waals surface area contributed by atoms with Gasteiger partial charge in [-0.2, -0.15) is 5.10 Å². The summed E-state index contributed by atoms with van der Waals surface area (Å²) in [6.07, 6.45) is 9.33. The zero-order chi connectivity index (χ0) is 18.4. The summed E-state index contributed by atoms with van der Waals surface area (Å²) >= 11 is 1.59. The van der Waals surface area contributed by atoms with Crippen LogP contribution in [-0.4, -0.2) is 47.8 Å². The molecule has 0 unspecified atom stereocenters. The number of pyridine rings is 1. The number of likely N-dealkylation sites (N-methyl/N-ethyl adjacent to an activating group) is 1. The largest absolute Gasteiger partial charge is 0.476 e. The summed E-state index contributed by atoms with van der Waals surface area (Å²) in [6, 6.07) is 5.70. The van der Waals surface area contributed by atoms with Crippen molar-refractivity contribution >= 4 is 34.3 Å². The molecule has 6 nitrogen and oxygen atoms in total. The van der Waals surface area contributed by atoms with Crippen molar-refractivity contribution in [1.82, 2.24) is 14.9 Å². The Morgan fingerprint density at radius 1 is 1.27 bits per heavy atom. The highest BCUT2D eigenvalue weighted by atomic mass is 32.1. The van der Waals surface area contributed by atoms with E-state index in [-0.39, 0.29) is 0 Å². The van der Waals surface area contributed by atoms with Gasteiger partial charge in [-0.1, -0.05) is 29.6 Å². The number of hydrogen-bond acceptors (Lipinski definition) is 7. The van der Waals surface area contributed by atoms with Crippen molar-refractivity contribution in [3.05, 3.63) is 46.6 Å². The SMILES string of the molecule is C/C(=N\Nc1nc2c(s1)C=CCC=C2)c1cccc(OCCN(C)C)n1. The van der Waals surface area contributed by atoms with Gasteiger partial charge in [-0.25, -0.2) is 9.97 Å². The van der Waals surface area contributed by atoms with Crippen LogP contribution in [0.25, 0.3) is 12.2 Å². The third-order valence-electron chi connectivity index (χ3n) is 3.70. The molecule has 7 heteroatoms. The van der Waals surface area contributed by atoms with Gasteiger partial charge in [0.25, 0.3) is 0 Å². The number of hydrazone groups is 1. The normalized spacial score (nSPS) is 13.6. The Morgan fingerprint density at radius 2 is 2.12 bits per heavy atom. The fourth-order valence-corrected chi connectivity index (χ4v) is 3.11. The molecule has 2 heterocycles. The number of allylic oxidation sites excluding steroid dienone is 2. The quantitative estimate of drug-likeness (QED) is 0.595. The average molecular weight is 369 g/mol. The molecule has 0 saturated heterocycles. The Balaban J connectivity index is 1.65. The molecule has 1 N–H and O–H groups in total. The highest BCUT2D eigenvalue weighted by Crippen LogP contribution is 2.27. The highest BCUT2D eigenvalue weighted by Gasteiger charge is 2.08. The minimum atomic E-state index is 0.601. The number of anilines is 1. The number of nitrogens with one attached hydrogen (secondary N) is 1. The Kier molecular flexibility index (Phi) is 6.14. The van der Waals surface area contributed by atoms with Gasteiger partial charge in [-0.05, 0) is 45.7 Å². The van der Waals surface area contributed by atoms with Gasteiger partial charge in [0.05, 0.1) is 22.0 Å². The van der Waals surface area contributed by atoms with Crippen LogP contribution in [0.2, 0.25) is 0 Å². The van der Waals surface area contributed by atoms with E-state index in [0.29, 0.717) is 12.5 Å². The minimum absolute atomic E-state index is 0.601. The minimum Gasteiger partial charge on any atom is -0.476 e. The molecule has 0 fully saturated rings. The third kappa shape index (κ3) is 5.00. The van der Waals surface area contributed by atoms with Crippen molar-refractivity contribution in [2.75, 3.05) is 32.7 Å². The summed E-state index contributed by atoms with van der Waals surface area (Å²) in [7, 11) is 4.03. The molecule has 3 rings (SSSR count). The lowest BCUT2D eigenvalue weighted by atomic mass is 10.2. The molecule has 0 spiro atoms. The van der Waals surface area contributed by atoms with Gasteiger partial charge >= 0.3 is 0 Å². The van der Waals surface area contributed by atoms with Crippen LogP contribution in [0.3, 0.4) is 0 Å². The van der Waals surface area contributed by atoms with E-state index in [1.807, 2.05) is 45.3 Å². The first-order valence-corrected chi connectivity index (χ1v) is 9.32. The number of rotatable bonds is 7. The van der Waals surface area contributed by atoms with Crippen LogP contribution in [0.15, 0.2) is 35.5 Å². The van der Waals surface area contributed by atoms with Crippen LogP contribution in [0, 0.1) is 0 Å². The second-order valence-electron chi connectivity index (χ2n) is 6.13. The van der Waals surface area contributed by atoms with Crippen LogP contribution in [0.5, 0.6) is 5.88 Å². The molecular weight excluding hydrogens is 346 g/mol. The molecule has 0 saturated carbocycles. The number of hydrogen-bond donors (Lipinski definition) is 1. The molecule has 1 aliphatic rings. The van der Waals surface area contributed by atoms with E-state index >= 15 is 0 Å². The van der Waals surface area contributed by atoms with Crippen molar-refractivity contribution in [3.63, 3.8) is 0 Å². The fraction of sp³-hybridized carbons (Fsp3) is 0.316. The van der Waals surface area contributed by atoms with E-state index in [0.717, 1.165) is 40.1 Å². The van der Waals surface area contributed by atoms with Gasteiger partial charge in [-0.3, -0.25) is 5.43 Å². The number of thiazole rings is 1. The van der Waals surface area contributed by atoms with Gasteiger partial charge < -0.3 is 9.64 Å². The topological polar surface area (TPSA) is 62.6 Å². The van der Waals surface area contributed by atoms with Gasteiger partial charge in [0, 0.05) is 12.6 Å². The van der Waals surface area contributed by atoms with E-state index in [1.165, 1.54) is 0 Å². The molecule has 0 amide bonds. The standard InChI is InChI=1S/C19H23N5OS/c1-14(15-9-7-11-18(20-15)25-13-12-24(2)3)22-23-19-21-16-8-5-4-6-10-17(16)26-19/h5-11H,4,12-13H2,1-3H3,(H,21,23)/b22-14+. The van der Waals surface area contributed by atoms with Crippen molar-refractivity contribution < 1.29 is 4.74 Å². The lowest BCUT2D eigenvalue weighted by molar-refractivity contribution is 0.254. The van der Waals surface area contributed by atoms with Crippen LogP contribution < -0.4 is 10.2 Å². The van der Waals surface area contributed by atoms with E-state index in [2.05, 4.69) is 43.6 Å². The van der Waals surface area contributed by atoms with E-state index in [1.54, 1.807) is 11.3 Å². The Hall–Kier alpha value is -2.51. The summed E-state index contributed by atoms with van der Waals surface area (Å²) in [6.45, 7) is 3.36. The van der Waals surface area contributed by atoms with Crippen molar-refractivity contribution in [3.8, 4) is 5.88 Å². The monoisotopic (exact) mass is 369 g/mol. The second-order valence-corrected chi connectivity index (χ2v) is 7.16. The summed E-state index contributed by atoms with van der Waals surface area (Å²) in [5.74, 6) is 0.607. The van der Waals surface area contributed by atoms with Crippen LogP contribution in [0.4, 0.5) is 5.13 Å². The van der Waals surface area contributed by atoms with Gasteiger partial charge in [-0.15, -0.1) is 0 Å².